The molecule has 0 aliphatic carbocycles. The third-order valence-corrected chi connectivity index (χ3v) is 6.75. The number of sulfonamides is 1. The van der Waals surface area contributed by atoms with Crippen LogP contribution in [0.2, 0.25) is 0 Å². The molecule has 33 heavy (non-hydrogen) atoms. The minimum Gasteiger partial charge on any atom is -0.268 e. The Balaban J connectivity index is 2.33. The maximum atomic E-state index is 13.6. The van der Waals surface area contributed by atoms with E-state index in [4.69, 9.17) is 0 Å². The van der Waals surface area contributed by atoms with Crippen LogP contribution in [0.1, 0.15) is 27.0 Å². The highest BCUT2D eigenvalue weighted by Crippen LogP contribution is 2.34. The third-order valence-electron chi connectivity index (χ3n) is 5.04. The predicted octanol–water partition coefficient (Wildman–Crippen LogP) is 4.46. The Kier molecular flexibility index (Phi) is 6.27. The zero-order valence-electron chi connectivity index (χ0n) is 17.9. The van der Waals surface area contributed by atoms with Crippen molar-refractivity contribution in [2.24, 2.45) is 0 Å². The standard InChI is InChI=1S/C22H19N3O7S/c1-14-9-10-15(2)19(11-14)23(33(31,32)18-7-5-4-6-8-18)22(26)17-12-20(24(27)28)16(3)21(13-17)25(29)30/h4-13H,1-3H3. The Labute approximate surface area is 189 Å². The Morgan fingerprint density at radius 1 is 0.848 bits per heavy atom. The summed E-state index contributed by atoms with van der Waals surface area (Å²) in [5, 5.41) is 22.9. The van der Waals surface area contributed by atoms with Gasteiger partial charge in [-0.1, -0.05) is 30.3 Å². The monoisotopic (exact) mass is 469 g/mol. The van der Waals surface area contributed by atoms with Crippen LogP contribution >= 0.6 is 0 Å². The van der Waals surface area contributed by atoms with Gasteiger partial charge in [0.2, 0.25) is 0 Å². The summed E-state index contributed by atoms with van der Waals surface area (Å²) in [4.78, 5) is 34.6. The van der Waals surface area contributed by atoms with Crippen LogP contribution in [0.25, 0.3) is 0 Å². The first-order valence-corrected chi connectivity index (χ1v) is 11.0. The fourth-order valence-electron chi connectivity index (χ4n) is 3.29. The second-order valence-electron chi connectivity index (χ2n) is 7.33. The van der Waals surface area contributed by atoms with Gasteiger partial charge in [0.25, 0.3) is 27.3 Å². The Bertz CT molecular complexity index is 1350. The number of aryl methyl sites for hydroxylation is 2. The largest absolute Gasteiger partial charge is 0.279 e. The summed E-state index contributed by atoms with van der Waals surface area (Å²) < 4.78 is 27.6. The Morgan fingerprint density at radius 3 is 1.91 bits per heavy atom. The second-order valence-corrected chi connectivity index (χ2v) is 9.12. The fraction of sp³-hybridized carbons (Fsp3) is 0.136. The van der Waals surface area contributed by atoms with E-state index >= 15 is 0 Å². The highest BCUT2D eigenvalue weighted by atomic mass is 32.2. The number of hydrogen-bond acceptors (Lipinski definition) is 7. The lowest BCUT2D eigenvalue weighted by atomic mass is 10.1. The number of benzene rings is 3. The zero-order valence-corrected chi connectivity index (χ0v) is 18.7. The fourth-order valence-corrected chi connectivity index (χ4v) is 4.78. The first-order valence-electron chi connectivity index (χ1n) is 9.60. The second kappa shape index (κ2) is 8.79. The smallest absolute Gasteiger partial charge is 0.268 e. The van der Waals surface area contributed by atoms with Gasteiger partial charge in [0.15, 0.2) is 0 Å². The molecule has 170 valence electrons. The molecule has 3 aromatic rings. The van der Waals surface area contributed by atoms with E-state index in [1.54, 1.807) is 32.0 Å². The van der Waals surface area contributed by atoms with Crippen LogP contribution < -0.4 is 4.31 Å². The van der Waals surface area contributed by atoms with E-state index in [0.717, 1.165) is 12.1 Å². The van der Waals surface area contributed by atoms with Crippen LogP contribution in [0.5, 0.6) is 0 Å². The number of carbonyl (C=O) groups excluding carboxylic acids is 1. The van der Waals surface area contributed by atoms with Gasteiger partial charge in [-0.15, -0.1) is 0 Å². The number of carbonyl (C=O) groups is 1. The molecule has 0 bridgehead atoms. The molecule has 0 unspecified atom stereocenters. The summed E-state index contributed by atoms with van der Waals surface area (Å²) in [6, 6.07) is 13.7. The average molecular weight is 469 g/mol. The predicted molar refractivity (Wildman–Crippen MR) is 121 cm³/mol. The Hall–Kier alpha value is -4.12. The van der Waals surface area contributed by atoms with Crippen LogP contribution in [0.15, 0.2) is 65.6 Å². The molecule has 0 aliphatic heterocycles. The molecule has 0 N–H and O–H groups in total. The minimum atomic E-state index is -4.47. The van der Waals surface area contributed by atoms with Gasteiger partial charge in [-0.3, -0.25) is 25.0 Å². The molecule has 0 aliphatic rings. The number of nitro groups is 2. The van der Waals surface area contributed by atoms with Crippen molar-refractivity contribution in [2.75, 3.05) is 4.31 Å². The molecule has 0 aromatic heterocycles. The lowest BCUT2D eigenvalue weighted by molar-refractivity contribution is -0.395. The summed E-state index contributed by atoms with van der Waals surface area (Å²) in [6.07, 6.45) is 0. The van der Waals surface area contributed by atoms with Gasteiger partial charge >= 0.3 is 0 Å². The highest BCUT2D eigenvalue weighted by molar-refractivity contribution is 7.93. The quantitative estimate of drug-likeness (QED) is 0.383. The maximum absolute atomic E-state index is 13.6. The molecule has 0 radical (unpaired) electrons. The SMILES string of the molecule is Cc1ccc(C)c(N(C(=O)c2cc([N+](=O)[O-])c(C)c([N+](=O)[O-])c2)S(=O)(=O)c2ccccc2)c1. The van der Waals surface area contributed by atoms with Crippen molar-refractivity contribution in [1.29, 1.82) is 0 Å². The molecular weight excluding hydrogens is 450 g/mol. The van der Waals surface area contributed by atoms with E-state index in [0.29, 0.717) is 15.4 Å². The average Bonchev–Trinajstić information content (AvgIpc) is 2.76. The van der Waals surface area contributed by atoms with Gasteiger partial charge in [0, 0.05) is 12.1 Å². The van der Waals surface area contributed by atoms with Crippen molar-refractivity contribution in [3.63, 3.8) is 0 Å². The number of hydrogen-bond donors (Lipinski definition) is 0. The molecule has 3 rings (SSSR count). The van der Waals surface area contributed by atoms with Crippen molar-refractivity contribution in [1.82, 2.24) is 0 Å². The van der Waals surface area contributed by atoms with Crippen molar-refractivity contribution in [3.05, 3.63) is 103 Å². The van der Waals surface area contributed by atoms with Gasteiger partial charge in [0.1, 0.15) is 5.56 Å². The molecule has 0 spiro atoms. The molecule has 10 nitrogen and oxygen atoms in total. The summed E-state index contributed by atoms with van der Waals surface area (Å²) in [7, 11) is -4.47. The van der Waals surface area contributed by atoms with E-state index in [2.05, 4.69) is 0 Å². The van der Waals surface area contributed by atoms with Crippen molar-refractivity contribution in [2.45, 2.75) is 25.7 Å². The van der Waals surface area contributed by atoms with E-state index in [1.807, 2.05) is 0 Å². The van der Waals surface area contributed by atoms with Gasteiger partial charge in [-0.25, -0.2) is 8.42 Å². The van der Waals surface area contributed by atoms with E-state index < -0.39 is 42.7 Å². The van der Waals surface area contributed by atoms with Crippen LogP contribution in [0.3, 0.4) is 0 Å². The maximum Gasteiger partial charge on any atom is 0.279 e. The van der Waals surface area contributed by atoms with Crippen LogP contribution in [0, 0.1) is 41.0 Å². The molecule has 1 amide bonds. The summed E-state index contributed by atoms with van der Waals surface area (Å²) in [5.41, 5.74) is -0.918. The first kappa shape index (κ1) is 23.5. The molecule has 0 saturated carbocycles. The molecule has 0 atom stereocenters. The van der Waals surface area contributed by atoms with Gasteiger partial charge < -0.3 is 0 Å². The third kappa shape index (κ3) is 4.44. The highest BCUT2D eigenvalue weighted by Gasteiger charge is 2.35. The van der Waals surface area contributed by atoms with Crippen LogP contribution in [0.4, 0.5) is 17.1 Å². The number of amides is 1. The van der Waals surface area contributed by atoms with Crippen molar-refractivity contribution < 1.29 is 23.1 Å². The Morgan fingerprint density at radius 2 is 1.39 bits per heavy atom. The topological polar surface area (TPSA) is 141 Å². The lowest BCUT2D eigenvalue weighted by Gasteiger charge is -2.25. The molecule has 0 saturated heterocycles. The summed E-state index contributed by atoms with van der Waals surface area (Å²) in [6.45, 7) is 4.51. The molecule has 0 fully saturated rings. The van der Waals surface area contributed by atoms with Gasteiger partial charge in [-0.05, 0) is 50.1 Å². The van der Waals surface area contributed by atoms with E-state index in [-0.39, 0.29) is 16.1 Å². The van der Waals surface area contributed by atoms with Crippen LogP contribution in [-0.2, 0) is 10.0 Å². The number of nitro benzene ring substituents is 2. The molecule has 11 heteroatoms. The molecule has 3 aromatic carbocycles. The van der Waals surface area contributed by atoms with Gasteiger partial charge in [0.05, 0.1) is 26.0 Å². The summed E-state index contributed by atoms with van der Waals surface area (Å²) >= 11 is 0. The lowest BCUT2D eigenvalue weighted by Crippen LogP contribution is -2.37. The number of rotatable bonds is 6. The summed E-state index contributed by atoms with van der Waals surface area (Å²) in [5.74, 6) is -1.15. The molecular formula is C22H19N3O7S. The van der Waals surface area contributed by atoms with Crippen molar-refractivity contribution >= 4 is 33.0 Å². The normalized spacial score (nSPS) is 11.1. The van der Waals surface area contributed by atoms with E-state index in [9.17, 15) is 33.4 Å². The zero-order chi connectivity index (χ0) is 24.5. The van der Waals surface area contributed by atoms with E-state index in [1.165, 1.54) is 37.3 Å². The number of nitrogens with zero attached hydrogens (tertiary/aromatic N) is 3. The van der Waals surface area contributed by atoms with Gasteiger partial charge in [-0.2, -0.15) is 4.31 Å². The first-order chi connectivity index (χ1) is 15.4. The minimum absolute atomic E-state index is 0.0368. The van der Waals surface area contributed by atoms with Crippen LogP contribution in [-0.4, -0.2) is 24.2 Å². The number of anilines is 1. The van der Waals surface area contributed by atoms with Crippen molar-refractivity contribution in [3.8, 4) is 0 Å². The molecule has 0 heterocycles.